The van der Waals surface area contributed by atoms with Gasteiger partial charge in [-0.05, 0) is 32.2 Å². The molecule has 7 nitrogen and oxygen atoms in total. The number of hydrazone groups is 1. The summed E-state index contributed by atoms with van der Waals surface area (Å²) in [6.07, 6.45) is 0. The highest BCUT2D eigenvalue weighted by Gasteiger charge is 2.36. The quantitative estimate of drug-likeness (QED) is 0.825. The summed E-state index contributed by atoms with van der Waals surface area (Å²) in [6.45, 7) is 5.64. The second kappa shape index (κ2) is 7.28. The molecule has 1 atom stereocenters. The van der Waals surface area contributed by atoms with E-state index in [0.717, 1.165) is 43.1 Å². The summed E-state index contributed by atoms with van der Waals surface area (Å²) >= 11 is 0. The molecule has 1 amide bonds. The predicted molar refractivity (Wildman–Crippen MR) is 115 cm³/mol. The first-order valence-electron chi connectivity index (χ1n) is 10.2. The van der Waals surface area contributed by atoms with Gasteiger partial charge in [0.2, 0.25) is 0 Å². The maximum atomic E-state index is 14.7. The minimum absolute atomic E-state index is 0.161. The maximum absolute atomic E-state index is 14.7. The zero-order valence-electron chi connectivity index (χ0n) is 17.1. The van der Waals surface area contributed by atoms with E-state index in [9.17, 15) is 9.18 Å². The molecule has 1 fully saturated rings. The van der Waals surface area contributed by atoms with Gasteiger partial charge in [0, 0.05) is 43.0 Å². The van der Waals surface area contributed by atoms with E-state index in [2.05, 4.69) is 27.4 Å². The first-order valence-corrected chi connectivity index (χ1v) is 10.2. The monoisotopic (exact) mass is 409 g/mol. The van der Waals surface area contributed by atoms with E-state index < -0.39 is 6.04 Å². The van der Waals surface area contributed by atoms with Crippen molar-refractivity contribution in [2.45, 2.75) is 13.0 Å². The minimum Gasteiger partial charge on any atom is -0.483 e. The van der Waals surface area contributed by atoms with Gasteiger partial charge in [0.05, 0.1) is 5.69 Å². The van der Waals surface area contributed by atoms with Crippen LogP contribution in [0, 0.1) is 5.82 Å². The molecule has 3 aliphatic heterocycles. The van der Waals surface area contributed by atoms with Crippen molar-refractivity contribution in [1.82, 2.24) is 10.3 Å². The van der Waals surface area contributed by atoms with Crippen molar-refractivity contribution in [3.8, 4) is 16.9 Å². The molecule has 5 rings (SSSR count). The van der Waals surface area contributed by atoms with Gasteiger partial charge in [-0.15, -0.1) is 0 Å². The second-order valence-electron chi connectivity index (χ2n) is 7.95. The Hall–Kier alpha value is -3.13. The molecule has 0 saturated carbocycles. The summed E-state index contributed by atoms with van der Waals surface area (Å²) in [7, 11) is 2.10. The van der Waals surface area contributed by atoms with Gasteiger partial charge < -0.3 is 19.4 Å². The highest BCUT2D eigenvalue weighted by molar-refractivity contribution is 6.10. The summed E-state index contributed by atoms with van der Waals surface area (Å²) in [5.41, 5.74) is 5.62. The lowest BCUT2D eigenvalue weighted by atomic mass is 9.99. The number of piperazine rings is 1. The molecule has 3 heterocycles. The van der Waals surface area contributed by atoms with Gasteiger partial charge in [-0.1, -0.05) is 18.2 Å². The Morgan fingerprint density at radius 3 is 2.63 bits per heavy atom. The highest BCUT2D eigenvalue weighted by Crippen LogP contribution is 2.44. The van der Waals surface area contributed by atoms with Crippen molar-refractivity contribution in [2.24, 2.45) is 5.10 Å². The van der Waals surface area contributed by atoms with Crippen LogP contribution < -0.4 is 20.0 Å². The predicted octanol–water partition coefficient (Wildman–Crippen LogP) is 2.28. The first kappa shape index (κ1) is 18.9. The second-order valence-corrected chi connectivity index (χ2v) is 7.95. The molecule has 0 radical (unpaired) electrons. The summed E-state index contributed by atoms with van der Waals surface area (Å²) in [5, 5.41) is 4.17. The lowest BCUT2D eigenvalue weighted by Crippen LogP contribution is -2.55. The molecule has 0 bridgehead atoms. The van der Waals surface area contributed by atoms with E-state index >= 15 is 0 Å². The Kier molecular flexibility index (Phi) is 4.58. The van der Waals surface area contributed by atoms with Gasteiger partial charge in [0.15, 0.2) is 5.84 Å². The standard InChI is InChI=1S/C22H24FN5O2/c1-14-22(29)25-24-21-13-30-20-11-16(15-5-3-4-6-17(15)23)18(12-19(20)28(14)21)27-9-7-26(2)8-10-27/h3-6,11-12,14H,7-10,13H2,1-2H3,(H,25,29). The molecule has 0 aromatic heterocycles. The number of amides is 1. The van der Waals surface area contributed by atoms with Crippen LogP contribution in [0.15, 0.2) is 41.5 Å². The number of halogens is 1. The number of ether oxygens (including phenoxy) is 1. The molecule has 2 aromatic rings. The van der Waals surface area contributed by atoms with Crippen LogP contribution in [0.5, 0.6) is 5.75 Å². The Morgan fingerprint density at radius 1 is 1.10 bits per heavy atom. The summed E-state index contributed by atoms with van der Waals surface area (Å²) in [6, 6.07) is 10.3. The van der Waals surface area contributed by atoms with Gasteiger partial charge in [-0.3, -0.25) is 4.79 Å². The zero-order valence-corrected chi connectivity index (χ0v) is 17.1. The van der Waals surface area contributed by atoms with Gasteiger partial charge >= 0.3 is 0 Å². The molecule has 8 heteroatoms. The van der Waals surface area contributed by atoms with E-state index in [4.69, 9.17) is 4.74 Å². The average Bonchev–Trinajstić information content (AvgIpc) is 2.76. The number of carbonyl (C=O) groups excluding carboxylic acids is 1. The number of likely N-dealkylation sites (N-methyl/N-ethyl adjacent to an activating group) is 1. The number of amidine groups is 1. The molecule has 0 spiro atoms. The molecule has 1 N–H and O–H groups in total. The fraction of sp³-hybridized carbons (Fsp3) is 0.364. The topological polar surface area (TPSA) is 60.4 Å². The number of fused-ring (bicyclic) bond motifs is 3. The normalized spacial score (nSPS) is 21.4. The fourth-order valence-electron chi connectivity index (χ4n) is 4.27. The number of anilines is 2. The van der Waals surface area contributed by atoms with Crippen LogP contribution in [-0.2, 0) is 4.79 Å². The van der Waals surface area contributed by atoms with Crippen molar-refractivity contribution in [1.29, 1.82) is 0 Å². The molecular weight excluding hydrogens is 385 g/mol. The van der Waals surface area contributed by atoms with Crippen LogP contribution in [0.3, 0.4) is 0 Å². The van der Waals surface area contributed by atoms with Crippen LogP contribution in [0.2, 0.25) is 0 Å². The van der Waals surface area contributed by atoms with Crippen molar-refractivity contribution in [2.75, 3.05) is 49.6 Å². The number of benzene rings is 2. The summed E-state index contributed by atoms with van der Waals surface area (Å²) in [4.78, 5) is 18.7. The van der Waals surface area contributed by atoms with Gasteiger partial charge in [0.25, 0.3) is 5.91 Å². The molecule has 156 valence electrons. The third kappa shape index (κ3) is 3.08. The van der Waals surface area contributed by atoms with Crippen LogP contribution in [-0.4, -0.2) is 62.5 Å². The molecule has 2 aromatic carbocycles. The third-order valence-corrected chi connectivity index (χ3v) is 6.04. The van der Waals surface area contributed by atoms with Crippen LogP contribution in [0.1, 0.15) is 6.92 Å². The maximum Gasteiger partial charge on any atom is 0.262 e. The third-order valence-electron chi connectivity index (χ3n) is 6.04. The van der Waals surface area contributed by atoms with Gasteiger partial charge in [0.1, 0.15) is 24.2 Å². The van der Waals surface area contributed by atoms with Crippen molar-refractivity contribution in [3.63, 3.8) is 0 Å². The molecular formula is C22H24FN5O2. The van der Waals surface area contributed by atoms with Gasteiger partial charge in [-0.25, -0.2) is 9.82 Å². The van der Waals surface area contributed by atoms with Crippen molar-refractivity contribution in [3.05, 3.63) is 42.2 Å². The molecule has 1 saturated heterocycles. The number of hydrogen-bond donors (Lipinski definition) is 1. The van der Waals surface area contributed by atoms with Crippen LogP contribution in [0.25, 0.3) is 11.1 Å². The summed E-state index contributed by atoms with van der Waals surface area (Å²) in [5.74, 6) is 0.867. The molecule has 30 heavy (non-hydrogen) atoms. The molecule has 0 aliphatic carbocycles. The molecule has 3 aliphatic rings. The fourth-order valence-corrected chi connectivity index (χ4v) is 4.27. The van der Waals surface area contributed by atoms with E-state index in [1.54, 1.807) is 12.1 Å². The molecule has 1 unspecified atom stereocenters. The van der Waals surface area contributed by atoms with Crippen molar-refractivity contribution >= 4 is 23.1 Å². The van der Waals surface area contributed by atoms with Crippen molar-refractivity contribution < 1.29 is 13.9 Å². The Labute approximate surface area is 174 Å². The SMILES string of the molecule is CC1C(=O)NN=C2COc3cc(-c4ccccc4F)c(N4CCN(C)CC4)cc3N21. The minimum atomic E-state index is -0.403. The van der Waals surface area contributed by atoms with Gasteiger partial charge in [-0.2, -0.15) is 5.10 Å². The zero-order chi connectivity index (χ0) is 20.8. The van der Waals surface area contributed by atoms with Crippen LogP contribution in [0.4, 0.5) is 15.8 Å². The Bertz CT molecular complexity index is 1030. The number of nitrogens with zero attached hydrogens (tertiary/aromatic N) is 4. The Balaban J connectivity index is 1.67. The number of nitrogens with one attached hydrogen (secondary N) is 1. The lowest BCUT2D eigenvalue weighted by molar-refractivity contribution is -0.122. The first-order chi connectivity index (χ1) is 14.5. The smallest absolute Gasteiger partial charge is 0.262 e. The van der Waals surface area contributed by atoms with Crippen LogP contribution >= 0.6 is 0 Å². The average molecular weight is 409 g/mol. The number of rotatable bonds is 2. The van der Waals surface area contributed by atoms with E-state index in [1.165, 1.54) is 6.07 Å². The Morgan fingerprint density at radius 2 is 1.87 bits per heavy atom. The largest absolute Gasteiger partial charge is 0.483 e. The van der Waals surface area contributed by atoms with E-state index in [1.807, 2.05) is 30.0 Å². The number of carbonyl (C=O) groups is 1. The van der Waals surface area contributed by atoms with E-state index in [-0.39, 0.29) is 18.3 Å². The lowest BCUT2D eigenvalue weighted by Gasteiger charge is -2.40. The van der Waals surface area contributed by atoms with E-state index in [0.29, 0.717) is 17.1 Å². The number of hydrogen-bond acceptors (Lipinski definition) is 6. The highest BCUT2D eigenvalue weighted by atomic mass is 19.1. The summed E-state index contributed by atoms with van der Waals surface area (Å²) < 4.78 is 20.7.